The summed E-state index contributed by atoms with van der Waals surface area (Å²) < 4.78 is 1.00. The zero-order chi connectivity index (χ0) is 15.3. The number of carbonyl (C=O) groups excluding carboxylic acids is 1. The Kier molecular flexibility index (Phi) is 6.21. The molecule has 1 aromatic carbocycles. The molecule has 0 saturated carbocycles. The fraction of sp³-hybridized carbons (Fsp3) is 0.562. The Balaban J connectivity index is 2.49. The van der Waals surface area contributed by atoms with Gasteiger partial charge in [-0.1, -0.05) is 55.8 Å². The summed E-state index contributed by atoms with van der Waals surface area (Å²) in [5.41, 5.74) is 0.650. The molecule has 1 unspecified atom stereocenters. The fourth-order valence-electron chi connectivity index (χ4n) is 2.18. The Hall–Kier alpha value is -0.870. The number of hydrogen-bond donors (Lipinski definition) is 2. The van der Waals surface area contributed by atoms with Gasteiger partial charge in [0.2, 0.25) is 5.91 Å². The van der Waals surface area contributed by atoms with Gasteiger partial charge in [0.25, 0.3) is 0 Å². The van der Waals surface area contributed by atoms with Crippen LogP contribution in [0.1, 0.15) is 33.3 Å². The predicted molar refractivity (Wildman–Crippen MR) is 85.5 cm³/mol. The van der Waals surface area contributed by atoms with Gasteiger partial charge in [0, 0.05) is 16.4 Å². The van der Waals surface area contributed by atoms with Gasteiger partial charge >= 0.3 is 0 Å². The smallest absolute Gasteiger partial charge is 0.224 e. The first kappa shape index (κ1) is 17.2. The molecule has 3 nitrogen and oxygen atoms in total. The van der Waals surface area contributed by atoms with Crippen molar-refractivity contribution in [3.05, 3.63) is 34.3 Å². The third kappa shape index (κ3) is 5.25. The minimum absolute atomic E-state index is 0.0173. The SMILES string of the molecule is CC(C)C(O)C(C)(C)CNC(=O)Cc1ccc(Br)cc1. The van der Waals surface area contributed by atoms with Crippen molar-refractivity contribution in [2.75, 3.05) is 6.54 Å². The topological polar surface area (TPSA) is 49.3 Å². The molecule has 1 atom stereocenters. The normalized spacial score (nSPS) is 13.3. The maximum atomic E-state index is 11.9. The van der Waals surface area contributed by atoms with E-state index in [4.69, 9.17) is 0 Å². The Labute approximate surface area is 129 Å². The first-order valence-corrected chi connectivity index (χ1v) is 7.71. The molecular formula is C16H24BrNO2. The lowest BCUT2D eigenvalue weighted by atomic mass is 9.80. The zero-order valence-corrected chi connectivity index (χ0v) is 14.2. The summed E-state index contributed by atoms with van der Waals surface area (Å²) >= 11 is 3.37. The minimum Gasteiger partial charge on any atom is -0.392 e. The molecular weight excluding hydrogens is 318 g/mol. The van der Waals surface area contributed by atoms with Crippen LogP contribution in [-0.4, -0.2) is 23.7 Å². The van der Waals surface area contributed by atoms with Crippen LogP contribution in [0.15, 0.2) is 28.7 Å². The van der Waals surface area contributed by atoms with Gasteiger partial charge in [-0.2, -0.15) is 0 Å². The Bertz CT molecular complexity index is 440. The number of rotatable bonds is 6. The van der Waals surface area contributed by atoms with Crippen LogP contribution in [0.2, 0.25) is 0 Å². The highest BCUT2D eigenvalue weighted by atomic mass is 79.9. The second kappa shape index (κ2) is 7.23. The van der Waals surface area contributed by atoms with Crippen molar-refractivity contribution in [2.24, 2.45) is 11.3 Å². The third-order valence-electron chi connectivity index (χ3n) is 3.45. The first-order valence-electron chi connectivity index (χ1n) is 6.91. The number of nitrogens with one attached hydrogen (secondary N) is 1. The average Bonchev–Trinajstić information content (AvgIpc) is 2.38. The fourth-order valence-corrected chi connectivity index (χ4v) is 2.45. The summed E-state index contributed by atoms with van der Waals surface area (Å²) in [6.45, 7) is 8.38. The summed E-state index contributed by atoms with van der Waals surface area (Å²) in [7, 11) is 0. The molecule has 112 valence electrons. The second-order valence-electron chi connectivity index (χ2n) is 6.26. The Morgan fingerprint density at radius 3 is 2.35 bits per heavy atom. The van der Waals surface area contributed by atoms with Crippen molar-refractivity contribution in [1.82, 2.24) is 5.32 Å². The number of amides is 1. The lowest BCUT2D eigenvalue weighted by molar-refractivity contribution is -0.121. The molecule has 0 aromatic heterocycles. The summed E-state index contributed by atoms with van der Waals surface area (Å²) in [4.78, 5) is 11.9. The summed E-state index contributed by atoms with van der Waals surface area (Å²) in [6.07, 6.45) is -0.0725. The van der Waals surface area contributed by atoms with E-state index in [1.165, 1.54) is 0 Å². The minimum atomic E-state index is -0.435. The molecule has 0 aliphatic carbocycles. The van der Waals surface area contributed by atoms with E-state index in [0.29, 0.717) is 13.0 Å². The highest BCUT2D eigenvalue weighted by Gasteiger charge is 2.30. The molecule has 0 spiro atoms. The van der Waals surface area contributed by atoms with Crippen molar-refractivity contribution in [1.29, 1.82) is 0 Å². The van der Waals surface area contributed by atoms with Gasteiger partial charge < -0.3 is 10.4 Å². The predicted octanol–water partition coefficient (Wildman–Crippen LogP) is 3.15. The van der Waals surface area contributed by atoms with E-state index in [0.717, 1.165) is 10.0 Å². The van der Waals surface area contributed by atoms with Crippen molar-refractivity contribution >= 4 is 21.8 Å². The highest BCUT2D eigenvalue weighted by Crippen LogP contribution is 2.25. The number of halogens is 1. The number of aliphatic hydroxyl groups excluding tert-OH is 1. The van der Waals surface area contributed by atoms with Gasteiger partial charge in [0.05, 0.1) is 12.5 Å². The molecule has 0 radical (unpaired) electrons. The van der Waals surface area contributed by atoms with Crippen LogP contribution in [-0.2, 0) is 11.2 Å². The third-order valence-corrected chi connectivity index (χ3v) is 3.98. The van der Waals surface area contributed by atoms with Crippen molar-refractivity contribution in [3.63, 3.8) is 0 Å². The molecule has 1 amide bonds. The number of benzene rings is 1. The molecule has 1 rings (SSSR count). The van der Waals surface area contributed by atoms with E-state index in [1.54, 1.807) is 0 Å². The summed E-state index contributed by atoms with van der Waals surface area (Å²) in [6, 6.07) is 7.71. The first-order chi connectivity index (χ1) is 9.22. The molecule has 1 aromatic rings. The van der Waals surface area contributed by atoms with Gasteiger partial charge in [0.1, 0.15) is 0 Å². The van der Waals surface area contributed by atoms with Gasteiger partial charge in [-0.3, -0.25) is 4.79 Å². The molecule has 2 N–H and O–H groups in total. The van der Waals surface area contributed by atoms with Crippen LogP contribution in [0.5, 0.6) is 0 Å². The van der Waals surface area contributed by atoms with Crippen molar-refractivity contribution < 1.29 is 9.90 Å². The van der Waals surface area contributed by atoms with Gasteiger partial charge in [-0.05, 0) is 23.6 Å². The van der Waals surface area contributed by atoms with Crippen molar-refractivity contribution in [3.8, 4) is 0 Å². The van der Waals surface area contributed by atoms with Crippen LogP contribution >= 0.6 is 15.9 Å². The van der Waals surface area contributed by atoms with Crippen LogP contribution < -0.4 is 5.32 Å². The summed E-state index contributed by atoms with van der Waals surface area (Å²) in [5, 5.41) is 13.0. The maximum absolute atomic E-state index is 11.9. The van der Waals surface area contributed by atoms with E-state index in [2.05, 4.69) is 21.2 Å². The monoisotopic (exact) mass is 341 g/mol. The standard InChI is InChI=1S/C16H24BrNO2/c1-11(2)15(20)16(3,4)10-18-14(19)9-12-5-7-13(17)8-6-12/h5-8,11,15,20H,9-10H2,1-4H3,(H,18,19). The van der Waals surface area contributed by atoms with E-state index in [1.807, 2.05) is 52.0 Å². The average molecular weight is 342 g/mol. The maximum Gasteiger partial charge on any atom is 0.224 e. The van der Waals surface area contributed by atoms with Crippen LogP contribution in [0.25, 0.3) is 0 Å². The lowest BCUT2D eigenvalue weighted by Crippen LogP contribution is -2.43. The van der Waals surface area contributed by atoms with Crippen LogP contribution in [0, 0.1) is 11.3 Å². The molecule has 0 heterocycles. The van der Waals surface area contributed by atoms with E-state index in [9.17, 15) is 9.90 Å². The quantitative estimate of drug-likeness (QED) is 0.834. The zero-order valence-electron chi connectivity index (χ0n) is 12.6. The molecule has 0 aliphatic rings. The highest BCUT2D eigenvalue weighted by molar-refractivity contribution is 9.10. The second-order valence-corrected chi connectivity index (χ2v) is 7.17. The molecule has 20 heavy (non-hydrogen) atoms. The summed E-state index contributed by atoms with van der Waals surface area (Å²) in [5.74, 6) is 0.157. The van der Waals surface area contributed by atoms with E-state index >= 15 is 0 Å². The number of hydrogen-bond acceptors (Lipinski definition) is 2. The van der Waals surface area contributed by atoms with Crippen LogP contribution in [0.3, 0.4) is 0 Å². The van der Waals surface area contributed by atoms with Crippen molar-refractivity contribution in [2.45, 2.75) is 40.2 Å². The Morgan fingerprint density at radius 1 is 1.30 bits per heavy atom. The number of aliphatic hydroxyl groups is 1. The molecule has 0 bridgehead atoms. The molecule has 0 saturated heterocycles. The largest absolute Gasteiger partial charge is 0.392 e. The van der Waals surface area contributed by atoms with Gasteiger partial charge in [-0.15, -0.1) is 0 Å². The number of carbonyl (C=O) groups is 1. The van der Waals surface area contributed by atoms with Gasteiger partial charge in [-0.25, -0.2) is 0 Å². The molecule has 0 fully saturated rings. The van der Waals surface area contributed by atoms with Crippen LogP contribution in [0.4, 0.5) is 0 Å². The Morgan fingerprint density at radius 2 is 1.85 bits per heavy atom. The lowest BCUT2D eigenvalue weighted by Gasteiger charge is -2.33. The molecule has 4 heteroatoms. The van der Waals surface area contributed by atoms with E-state index in [-0.39, 0.29) is 17.2 Å². The van der Waals surface area contributed by atoms with E-state index < -0.39 is 6.10 Å². The van der Waals surface area contributed by atoms with Gasteiger partial charge in [0.15, 0.2) is 0 Å². The molecule has 0 aliphatic heterocycles.